The smallest absolute Gasteiger partial charge is 0.124 e. The minimum absolute atomic E-state index is 0.0758. The van der Waals surface area contributed by atoms with E-state index in [1.54, 1.807) is 7.11 Å². The number of methoxy groups -OCH3 is 1. The minimum atomic E-state index is 0.0758. The number of hydrogen-bond donors (Lipinski definition) is 2. The molecule has 90 valence electrons. The normalized spacial score (nSPS) is 12.6. The van der Waals surface area contributed by atoms with Crippen molar-refractivity contribution in [3.05, 3.63) is 28.8 Å². The Hall–Kier alpha value is -1.06. The maximum Gasteiger partial charge on any atom is 0.124 e. The summed E-state index contributed by atoms with van der Waals surface area (Å²) in [4.78, 5) is 0. The molecule has 0 radical (unpaired) electrons. The topological polar surface area (TPSA) is 61.3 Å². The van der Waals surface area contributed by atoms with Crippen molar-refractivity contribution in [3.63, 3.8) is 0 Å². The molecule has 0 spiro atoms. The first kappa shape index (κ1) is 13.0. The first-order chi connectivity index (χ1) is 7.60. The molecule has 0 heterocycles. The summed E-state index contributed by atoms with van der Waals surface area (Å²) in [6.45, 7) is 4.79. The van der Waals surface area contributed by atoms with E-state index in [1.165, 1.54) is 5.56 Å². The van der Waals surface area contributed by atoms with Crippen LogP contribution in [0.1, 0.15) is 35.6 Å². The van der Waals surface area contributed by atoms with Crippen molar-refractivity contribution >= 4 is 0 Å². The maximum atomic E-state index is 6.11. The third-order valence-electron chi connectivity index (χ3n) is 2.83. The Morgan fingerprint density at radius 3 is 2.25 bits per heavy atom. The second-order valence-corrected chi connectivity index (χ2v) is 4.23. The number of benzene rings is 1. The van der Waals surface area contributed by atoms with Crippen LogP contribution in [0.4, 0.5) is 0 Å². The molecule has 1 aromatic carbocycles. The number of ether oxygens (including phenoxy) is 1. The van der Waals surface area contributed by atoms with Crippen LogP contribution in [0, 0.1) is 13.8 Å². The van der Waals surface area contributed by atoms with Gasteiger partial charge in [0.15, 0.2) is 0 Å². The van der Waals surface area contributed by atoms with Gasteiger partial charge in [0.05, 0.1) is 7.11 Å². The molecule has 4 N–H and O–H groups in total. The van der Waals surface area contributed by atoms with Gasteiger partial charge in [-0.15, -0.1) is 0 Å². The predicted octanol–water partition coefficient (Wildman–Crippen LogP) is 2.05. The lowest BCUT2D eigenvalue weighted by molar-refractivity contribution is 0.408. The van der Waals surface area contributed by atoms with Crippen LogP contribution < -0.4 is 16.2 Å². The lowest BCUT2D eigenvalue weighted by atomic mass is 9.98. The Labute approximate surface area is 97.8 Å². The van der Waals surface area contributed by atoms with Crippen LogP contribution in [0.2, 0.25) is 0 Å². The summed E-state index contributed by atoms with van der Waals surface area (Å²) in [7, 11) is 1.70. The van der Waals surface area contributed by atoms with E-state index in [-0.39, 0.29) is 6.04 Å². The molecule has 3 heteroatoms. The van der Waals surface area contributed by atoms with Crippen molar-refractivity contribution in [2.75, 3.05) is 13.7 Å². The number of hydrogen-bond acceptors (Lipinski definition) is 3. The van der Waals surface area contributed by atoms with E-state index in [4.69, 9.17) is 16.2 Å². The van der Waals surface area contributed by atoms with Gasteiger partial charge in [-0.1, -0.05) is 12.1 Å². The van der Waals surface area contributed by atoms with Gasteiger partial charge in [-0.2, -0.15) is 0 Å². The molecule has 0 unspecified atom stereocenters. The fraction of sp³-hybridized carbons (Fsp3) is 0.538. The molecule has 0 saturated heterocycles. The lowest BCUT2D eigenvalue weighted by Gasteiger charge is -2.16. The largest absolute Gasteiger partial charge is 0.496 e. The molecule has 0 aliphatic rings. The fourth-order valence-corrected chi connectivity index (χ4v) is 2.02. The number of nitrogens with two attached hydrogens (primary N) is 2. The van der Waals surface area contributed by atoms with E-state index in [9.17, 15) is 0 Å². The van der Waals surface area contributed by atoms with E-state index in [1.807, 2.05) is 13.8 Å². The van der Waals surface area contributed by atoms with Crippen LogP contribution in [0.15, 0.2) is 12.1 Å². The van der Waals surface area contributed by atoms with Gasteiger partial charge in [-0.25, -0.2) is 0 Å². The minimum Gasteiger partial charge on any atom is -0.496 e. The monoisotopic (exact) mass is 222 g/mol. The quantitative estimate of drug-likeness (QED) is 0.801. The SMILES string of the molecule is COc1c(C)cc([C@@H](N)CCCN)cc1C. The van der Waals surface area contributed by atoms with Crippen molar-refractivity contribution < 1.29 is 4.74 Å². The van der Waals surface area contributed by atoms with E-state index in [0.717, 1.165) is 29.7 Å². The van der Waals surface area contributed by atoms with Gasteiger partial charge in [0.1, 0.15) is 5.75 Å². The molecule has 0 aromatic heterocycles. The highest BCUT2D eigenvalue weighted by molar-refractivity contribution is 5.44. The molecule has 1 atom stereocenters. The Morgan fingerprint density at radius 2 is 1.81 bits per heavy atom. The van der Waals surface area contributed by atoms with Gasteiger partial charge >= 0.3 is 0 Å². The van der Waals surface area contributed by atoms with Crippen LogP contribution >= 0.6 is 0 Å². The van der Waals surface area contributed by atoms with Crippen molar-refractivity contribution in [3.8, 4) is 5.75 Å². The highest BCUT2D eigenvalue weighted by Crippen LogP contribution is 2.27. The van der Waals surface area contributed by atoms with Crippen LogP contribution in [0.3, 0.4) is 0 Å². The maximum absolute atomic E-state index is 6.11. The predicted molar refractivity (Wildman–Crippen MR) is 67.7 cm³/mol. The summed E-state index contributed by atoms with van der Waals surface area (Å²) in [5.41, 5.74) is 15.0. The van der Waals surface area contributed by atoms with Gasteiger partial charge in [0.2, 0.25) is 0 Å². The van der Waals surface area contributed by atoms with Crippen molar-refractivity contribution in [1.82, 2.24) is 0 Å². The molecule has 1 rings (SSSR count). The fourth-order valence-electron chi connectivity index (χ4n) is 2.02. The molecule has 16 heavy (non-hydrogen) atoms. The summed E-state index contributed by atoms with van der Waals surface area (Å²) in [5.74, 6) is 0.953. The van der Waals surface area contributed by atoms with Crippen LogP contribution in [-0.4, -0.2) is 13.7 Å². The average Bonchev–Trinajstić information content (AvgIpc) is 2.25. The van der Waals surface area contributed by atoms with E-state index in [0.29, 0.717) is 6.54 Å². The summed E-state index contributed by atoms with van der Waals surface area (Å²) in [6, 6.07) is 4.28. The second kappa shape index (κ2) is 5.87. The van der Waals surface area contributed by atoms with Crippen LogP contribution in [0.25, 0.3) is 0 Å². The second-order valence-electron chi connectivity index (χ2n) is 4.23. The number of aryl methyl sites for hydroxylation is 2. The molecule has 0 bridgehead atoms. The molecule has 0 saturated carbocycles. The molecule has 0 aliphatic heterocycles. The third kappa shape index (κ3) is 2.97. The summed E-state index contributed by atoms with van der Waals surface area (Å²) < 4.78 is 5.33. The Bertz CT molecular complexity index is 327. The Balaban J connectivity index is 2.90. The zero-order valence-corrected chi connectivity index (χ0v) is 10.4. The third-order valence-corrected chi connectivity index (χ3v) is 2.83. The average molecular weight is 222 g/mol. The summed E-state index contributed by atoms with van der Waals surface area (Å²) in [6.07, 6.45) is 1.90. The van der Waals surface area contributed by atoms with Gasteiger partial charge in [-0.3, -0.25) is 0 Å². The summed E-state index contributed by atoms with van der Waals surface area (Å²) >= 11 is 0. The molecule has 3 nitrogen and oxygen atoms in total. The van der Waals surface area contributed by atoms with E-state index in [2.05, 4.69) is 12.1 Å². The van der Waals surface area contributed by atoms with Gasteiger partial charge in [-0.05, 0) is 49.9 Å². The molecule has 0 amide bonds. The van der Waals surface area contributed by atoms with Gasteiger partial charge in [0, 0.05) is 6.04 Å². The zero-order valence-electron chi connectivity index (χ0n) is 10.4. The van der Waals surface area contributed by atoms with E-state index < -0.39 is 0 Å². The molecular weight excluding hydrogens is 200 g/mol. The first-order valence-electron chi connectivity index (χ1n) is 5.71. The molecular formula is C13H22N2O. The molecule has 0 aliphatic carbocycles. The van der Waals surface area contributed by atoms with Crippen molar-refractivity contribution in [1.29, 1.82) is 0 Å². The Kier molecular flexibility index (Phi) is 4.77. The highest BCUT2D eigenvalue weighted by atomic mass is 16.5. The number of rotatable bonds is 5. The molecule has 1 aromatic rings. The lowest BCUT2D eigenvalue weighted by Crippen LogP contribution is -2.13. The standard InChI is InChI=1S/C13H22N2O/c1-9-7-11(12(15)5-4-6-14)8-10(2)13(9)16-3/h7-8,12H,4-6,14-15H2,1-3H3/t12-/m0/s1. The van der Waals surface area contributed by atoms with Crippen molar-refractivity contribution in [2.24, 2.45) is 11.5 Å². The van der Waals surface area contributed by atoms with Gasteiger partial charge < -0.3 is 16.2 Å². The Morgan fingerprint density at radius 1 is 1.25 bits per heavy atom. The van der Waals surface area contributed by atoms with Crippen LogP contribution in [0.5, 0.6) is 5.75 Å². The van der Waals surface area contributed by atoms with Gasteiger partial charge in [0.25, 0.3) is 0 Å². The highest BCUT2D eigenvalue weighted by Gasteiger charge is 2.10. The first-order valence-corrected chi connectivity index (χ1v) is 5.71. The van der Waals surface area contributed by atoms with Crippen molar-refractivity contribution in [2.45, 2.75) is 32.7 Å². The van der Waals surface area contributed by atoms with E-state index >= 15 is 0 Å². The summed E-state index contributed by atoms with van der Waals surface area (Å²) in [5, 5.41) is 0. The molecule has 0 fully saturated rings. The zero-order chi connectivity index (χ0) is 12.1. The van der Waals surface area contributed by atoms with Crippen LogP contribution in [-0.2, 0) is 0 Å².